The maximum absolute atomic E-state index is 12.7. The molecule has 48 heavy (non-hydrogen) atoms. The van der Waals surface area contributed by atoms with Crippen molar-refractivity contribution in [1.82, 2.24) is 0 Å². The predicted octanol–water partition coefficient (Wildman–Crippen LogP) is 11.4. The molecular formula is C42H70O6. The number of cyclic esters (lactones) is 4. The fourth-order valence-corrected chi connectivity index (χ4v) is 7.56. The van der Waals surface area contributed by atoms with Gasteiger partial charge in [-0.3, -0.25) is 19.2 Å². The molecule has 2 rings (SSSR count). The molecule has 0 bridgehead atoms. The lowest BCUT2D eigenvalue weighted by Gasteiger charge is -2.25. The molecule has 2 aliphatic rings. The van der Waals surface area contributed by atoms with E-state index in [-0.39, 0.29) is 48.5 Å². The van der Waals surface area contributed by atoms with Gasteiger partial charge in [-0.1, -0.05) is 168 Å². The SMILES string of the molecule is CCCCCCCC(/C=C/C(CCCCCC)C1CC(=O)OC1=O)C(/C=C/C(CCCCCC)C1CC(=O)OC1=O)CCCCCCC. The molecule has 2 saturated heterocycles. The standard InChI is InChI=1S/C42H70O6/c1-5-9-13-17-21-23-33(27-29-35(25-19-15-11-7-3)37-31-39(43)47-41(37)45)34(24-22-18-14-10-6-2)28-30-36(26-20-16-12-8-4)38-32-40(44)48-42(38)46/h27-30,33-38H,5-26,31-32H2,1-4H3/b29-27+,30-28+. The Balaban J connectivity index is 2.38. The number of carbonyl (C=O) groups excluding carboxylic acids is 4. The molecule has 274 valence electrons. The molecule has 0 N–H and O–H groups in total. The van der Waals surface area contributed by atoms with Crippen LogP contribution in [-0.2, 0) is 28.7 Å². The summed E-state index contributed by atoms with van der Waals surface area (Å²) in [5, 5.41) is 0. The smallest absolute Gasteiger partial charge is 0.317 e. The first-order valence-electron chi connectivity index (χ1n) is 20.2. The Morgan fingerprint density at radius 3 is 1.08 bits per heavy atom. The lowest BCUT2D eigenvalue weighted by Crippen LogP contribution is -2.20. The second kappa shape index (κ2) is 25.7. The molecule has 0 amide bonds. The highest BCUT2D eigenvalue weighted by molar-refractivity contribution is 5.95. The van der Waals surface area contributed by atoms with Crippen LogP contribution in [0.2, 0.25) is 0 Å². The van der Waals surface area contributed by atoms with Crippen molar-refractivity contribution in [2.24, 2.45) is 35.5 Å². The molecule has 6 unspecified atom stereocenters. The highest BCUT2D eigenvalue weighted by Crippen LogP contribution is 2.35. The highest BCUT2D eigenvalue weighted by Gasteiger charge is 2.39. The van der Waals surface area contributed by atoms with E-state index < -0.39 is 11.9 Å². The molecule has 0 aliphatic carbocycles. The van der Waals surface area contributed by atoms with Crippen molar-refractivity contribution < 1.29 is 28.7 Å². The number of hydrogen-bond donors (Lipinski definition) is 0. The number of unbranched alkanes of at least 4 members (excludes halogenated alkanes) is 14. The van der Waals surface area contributed by atoms with E-state index in [1.54, 1.807) is 0 Å². The fraction of sp³-hybridized carbons (Fsp3) is 0.810. The Bertz CT molecular complexity index is 905. The number of allylic oxidation sites excluding steroid dienone is 4. The Morgan fingerprint density at radius 1 is 0.458 bits per heavy atom. The lowest BCUT2D eigenvalue weighted by atomic mass is 9.79. The Labute approximate surface area is 293 Å². The summed E-state index contributed by atoms with van der Waals surface area (Å²) in [6, 6.07) is 0. The topological polar surface area (TPSA) is 86.7 Å². The second-order valence-corrected chi connectivity index (χ2v) is 14.7. The van der Waals surface area contributed by atoms with Crippen molar-refractivity contribution >= 4 is 23.9 Å². The van der Waals surface area contributed by atoms with Crippen molar-refractivity contribution in [3.05, 3.63) is 24.3 Å². The van der Waals surface area contributed by atoms with E-state index in [2.05, 4.69) is 52.0 Å². The van der Waals surface area contributed by atoms with Crippen molar-refractivity contribution in [3.63, 3.8) is 0 Å². The van der Waals surface area contributed by atoms with Gasteiger partial charge in [-0.05, 0) is 49.4 Å². The van der Waals surface area contributed by atoms with E-state index in [0.29, 0.717) is 11.8 Å². The molecular weight excluding hydrogens is 600 g/mol. The van der Waals surface area contributed by atoms with Crippen LogP contribution in [0.25, 0.3) is 0 Å². The third-order valence-corrected chi connectivity index (χ3v) is 10.7. The molecule has 0 saturated carbocycles. The fourth-order valence-electron chi connectivity index (χ4n) is 7.56. The van der Waals surface area contributed by atoms with E-state index in [1.165, 1.54) is 64.2 Å². The summed E-state index contributed by atoms with van der Waals surface area (Å²) < 4.78 is 10.0. The summed E-state index contributed by atoms with van der Waals surface area (Å²) in [6.45, 7) is 8.90. The van der Waals surface area contributed by atoms with Gasteiger partial charge in [0.15, 0.2) is 0 Å². The summed E-state index contributed by atoms with van der Waals surface area (Å²) in [6.07, 6.45) is 34.8. The average Bonchev–Trinajstić information content (AvgIpc) is 3.59. The van der Waals surface area contributed by atoms with Crippen LogP contribution in [0.3, 0.4) is 0 Å². The zero-order valence-electron chi connectivity index (χ0n) is 31.2. The quantitative estimate of drug-likeness (QED) is 0.0341. The van der Waals surface area contributed by atoms with Gasteiger partial charge in [-0.15, -0.1) is 0 Å². The minimum atomic E-state index is -0.397. The Hall–Kier alpha value is -2.24. The van der Waals surface area contributed by atoms with Crippen LogP contribution >= 0.6 is 0 Å². The molecule has 2 heterocycles. The largest absolute Gasteiger partial charge is 0.393 e. The molecule has 0 radical (unpaired) electrons. The van der Waals surface area contributed by atoms with Crippen LogP contribution in [0.4, 0.5) is 0 Å². The maximum atomic E-state index is 12.7. The Kier molecular flexibility index (Phi) is 22.4. The Morgan fingerprint density at radius 2 is 0.771 bits per heavy atom. The number of ether oxygens (including phenoxy) is 2. The maximum Gasteiger partial charge on any atom is 0.317 e. The van der Waals surface area contributed by atoms with Gasteiger partial charge in [0.1, 0.15) is 0 Å². The minimum Gasteiger partial charge on any atom is -0.393 e. The average molecular weight is 671 g/mol. The zero-order chi connectivity index (χ0) is 35.0. The highest BCUT2D eigenvalue weighted by atomic mass is 16.6. The van der Waals surface area contributed by atoms with E-state index in [4.69, 9.17) is 9.47 Å². The van der Waals surface area contributed by atoms with Crippen molar-refractivity contribution in [2.75, 3.05) is 0 Å². The molecule has 2 fully saturated rings. The molecule has 0 aromatic heterocycles. The third kappa shape index (κ3) is 16.4. The monoisotopic (exact) mass is 671 g/mol. The summed E-state index contributed by atoms with van der Waals surface area (Å²) in [7, 11) is 0. The predicted molar refractivity (Wildman–Crippen MR) is 195 cm³/mol. The second-order valence-electron chi connectivity index (χ2n) is 14.7. The van der Waals surface area contributed by atoms with Gasteiger partial charge in [-0.2, -0.15) is 0 Å². The van der Waals surface area contributed by atoms with Crippen molar-refractivity contribution in [1.29, 1.82) is 0 Å². The molecule has 6 nitrogen and oxygen atoms in total. The third-order valence-electron chi connectivity index (χ3n) is 10.7. The van der Waals surface area contributed by atoms with Gasteiger partial charge in [-0.25, -0.2) is 0 Å². The van der Waals surface area contributed by atoms with E-state index in [1.807, 2.05) is 0 Å². The first-order valence-corrected chi connectivity index (χ1v) is 20.2. The van der Waals surface area contributed by atoms with E-state index >= 15 is 0 Å². The molecule has 6 atom stereocenters. The van der Waals surface area contributed by atoms with E-state index in [9.17, 15) is 19.2 Å². The lowest BCUT2D eigenvalue weighted by molar-refractivity contribution is -0.155. The van der Waals surface area contributed by atoms with Gasteiger partial charge < -0.3 is 9.47 Å². The van der Waals surface area contributed by atoms with Crippen molar-refractivity contribution in [3.8, 4) is 0 Å². The zero-order valence-corrected chi connectivity index (χ0v) is 31.2. The van der Waals surface area contributed by atoms with Crippen LogP contribution in [0.5, 0.6) is 0 Å². The summed E-state index contributed by atoms with van der Waals surface area (Å²) in [5.41, 5.74) is 0. The number of esters is 4. The first-order chi connectivity index (χ1) is 23.3. The first kappa shape index (κ1) is 41.9. The van der Waals surface area contributed by atoms with E-state index in [0.717, 1.165) is 77.0 Å². The summed E-state index contributed by atoms with van der Waals surface area (Å²) in [4.78, 5) is 49.6. The van der Waals surface area contributed by atoms with Crippen LogP contribution in [0, 0.1) is 35.5 Å². The van der Waals surface area contributed by atoms with Crippen LogP contribution in [-0.4, -0.2) is 23.9 Å². The summed E-state index contributed by atoms with van der Waals surface area (Å²) in [5.74, 6) is -1.68. The van der Waals surface area contributed by atoms with Crippen LogP contribution in [0.15, 0.2) is 24.3 Å². The number of hydrogen-bond acceptors (Lipinski definition) is 6. The van der Waals surface area contributed by atoms with Gasteiger partial charge in [0.25, 0.3) is 0 Å². The van der Waals surface area contributed by atoms with Gasteiger partial charge >= 0.3 is 23.9 Å². The van der Waals surface area contributed by atoms with Gasteiger partial charge in [0, 0.05) is 0 Å². The molecule has 0 spiro atoms. The summed E-state index contributed by atoms with van der Waals surface area (Å²) >= 11 is 0. The molecule has 2 aliphatic heterocycles. The molecule has 0 aromatic rings. The number of carbonyl (C=O) groups is 4. The van der Waals surface area contributed by atoms with Crippen LogP contribution < -0.4 is 0 Å². The van der Waals surface area contributed by atoms with Crippen molar-refractivity contribution in [2.45, 2.75) is 182 Å². The molecule has 6 heteroatoms. The van der Waals surface area contributed by atoms with Gasteiger partial charge in [0.05, 0.1) is 24.7 Å². The van der Waals surface area contributed by atoms with Gasteiger partial charge in [0.2, 0.25) is 0 Å². The normalized spacial score (nSPS) is 20.9. The van der Waals surface area contributed by atoms with Crippen LogP contribution in [0.1, 0.15) is 182 Å². The number of rotatable bonds is 29. The minimum absolute atomic E-state index is 0.00293. The molecule has 0 aromatic carbocycles.